The summed E-state index contributed by atoms with van der Waals surface area (Å²) in [6.07, 6.45) is 1.67. The van der Waals surface area contributed by atoms with Crippen LogP contribution < -0.4 is 19.1 Å². The number of hydrogen-bond donors (Lipinski definition) is 0. The van der Waals surface area contributed by atoms with Gasteiger partial charge < -0.3 is 23.8 Å². The molecule has 1 fully saturated rings. The van der Waals surface area contributed by atoms with Crippen molar-refractivity contribution in [3.05, 3.63) is 53.7 Å². The Bertz CT molecular complexity index is 1070. The van der Waals surface area contributed by atoms with Gasteiger partial charge in [-0.05, 0) is 74.1 Å². The number of amides is 1. The lowest BCUT2D eigenvalue weighted by Crippen LogP contribution is -2.35. The second-order valence-electron chi connectivity index (χ2n) is 6.89. The molecule has 1 saturated heterocycles. The Labute approximate surface area is 198 Å². The minimum absolute atomic E-state index is 0.179. The predicted molar refractivity (Wildman–Crippen MR) is 129 cm³/mol. The fraction of sp³-hybridized carbons (Fsp3) is 0.292. The third kappa shape index (κ3) is 5.25. The molecule has 0 unspecified atom stereocenters. The van der Waals surface area contributed by atoms with Gasteiger partial charge in [-0.15, -0.1) is 0 Å². The molecule has 0 radical (unpaired) electrons. The van der Waals surface area contributed by atoms with E-state index in [0.29, 0.717) is 41.7 Å². The van der Waals surface area contributed by atoms with Crippen LogP contribution in [-0.2, 0) is 14.3 Å². The van der Waals surface area contributed by atoms with Crippen molar-refractivity contribution < 1.29 is 28.5 Å². The van der Waals surface area contributed by atoms with Crippen LogP contribution in [0.4, 0.5) is 5.69 Å². The molecular formula is C24H26N2O6S. The van der Waals surface area contributed by atoms with E-state index in [4.69, 9.17) is 31.2 Å². The summed E-state index contributed by atoms with van der Waals surface area (Å²) in [6, 6.07) is 12.3. The smallest absolute Gasteiger partial charge is 0.325 e. The van der Waals surface area contributed by atoms with Crippen LogP contribution in [0.15, 0.2) is 48.2 Å². The van der Waals surface area contributed by atoms with Gasteiger partial charge in [-0.2, -0.15) is 0 Å². The lowest BCUT2D eigenvalue weighted by Gasteiger charge is -2.19. The first kappa shape index (κ1) is 24.1. The fourth-order valence-electron chi connectivity index (χ4n) is 3.30. The molecule has 1 amide bonds. The highest BCUT2D eigenvalue weighted by atomic mass is 32.1. The second-order valence-corrected chi connectivity index (χ2v) is 7.25. The van der Waals surface area contributed by atoms with E-state index in [1.54, 1.807) is 49.6 Å². The van der Waals surface area contributed by atoms with Crippen molar-refractivity contribution in [2.45, 2.75) is 13.8 Å². The van der Waals surface area contributed by atoms with Crippen molar-refractivity contribution in [2.24, 2.45) is 0 Å². The summed E-state index contributed by atoms with van der Waals surface area (Å²) in [5.74, 6) is 0.945. The average molecular weight is 471 g/mol. The summed E-state index contributed by atoms with van der Waals surface area (Å²) in [4.78, 5) is 28.3. The molecule has 174 valence electrons. The van der Waals surface area contributed by atoms with Crippen LogP contribution in [0.5, 0.6) is 17.2 Å². The molecule has 0 spiro atoms. The highest BCUT2D eigenvalue weighted by Crippen LogP contribution is 2.33. The van der Waals surface area contributed by atoms with Gasteiger partial charge in [0.2, 0.25) is 0 Å². The number of carbonyl (C=O) groups excluding carboxylic acids is 2. The van der Waals surface area contributed by atoms with Gasteiger partial charge in [-0.3, -0.25) is 14.5 Å². The summed E-state index contributed by atoms with van der Waals surface area (Å²) >= 11 is 5.57. The molecule has 2 aromatic carbocycles. The van der Waals surface area contributed by atoms with Crippen LogP contribution >= 0.6 is 12.2 Å². The Balaban J connectivity index is 2.03. The van der Waals surface area contributed by atoms with Crippen molar-refractivity contribution in [1.82, 2.24) is 4.90 Å². The summed E-state index contributed by atoms with van der Waals surface area (Å²) in [6.45, 7) is 4.53. The van der Waals surface area contributed by atoms with Gasteiger partial charge in [0, 0.05) is 0 Å². The maximum Gasteiger partial charge on any atom is 0.325 e. The zero-order chi connectivity index (χ0) is 24.0. The first-order valence-corrected chi connectivity index (χ1v) is 10.8. The number of ether oxygens (including phenoxy) is 4. The average Bonchev–Trinajstić information content (AvgIpc) is 3.04. The van der Waals surface area contributed by atoms with E-state index >= 15 is 0 Å². The number of thiocarbonyl (C=S) groups is 1. The molecule has 0 bridgehead atoms. The largest absolute Gasteiger partial charge is 0.497 e. The molecule has 0 saturated carbocycles. The van der Waals surface area contributed by atoms with Gasteiger partial charge in [0.1, 0.15) is 18.0 Å². The molecule has 2 aromatic rings. The fourth-order valence-corrected chi connectivity index (χ4v) is 3.65. The van der Waals surface area contributed by atoms with Crippen molar-refractivity contribution in [2.75, 3.05) is 38.9 Å². The lowest BCUT2D eigenvalue weighted by atomic mass is 10.1. The van der Waals surface area contributed by atoms with Crippen LogP contribution in [0.25, 0.3) is 6.08 Å². The Hall–Kier alpha value is -3.59. The molecule has 1 heterocycles. The van der Waals surface area contributed by atoms with E-state index in [0.717, 1.165) is 0 Å². The molecule has 0 aliphatic carbocycles. The number of anilines is 1. The van der Waals surface area contributed by atoms with Crippen LogP contribution in [0, 0.1) is 0 Å². The SMILES string of the molecule is CCOc1ccc(/C=C2/C(=O)N(c3ccc(OC)cc3)C(=S)N2CC(=O)OC)cc1OCC. The molecule has 1 aliphatic heterocycles. The van der Waals surface area contributed by atoms with E-state index in [-0.39, 0.29) is 23.3 Å². The Kier molecular flexibility index (Phi) is 7.89. The van der Waals surface area contributed by atoms with Crippen LogP contribution in [-0.4, -0.2) is 55.9 Å². The quantitative estimate of drug-likeness (QED) is 0.312. The molecule has 3 rings (SSSR count). The van der Waals surface area contributed by atoms with E-state index in [1.165, 1.54) is 16.9 Å². The van der Waals surface area contributed by atoms with Gasteiger partial charge >= 0.3 is 5.97 Å². The molecule has 9 heteroatoms. The maximum atomic E-state index is 13.4. The summed E-state index contributed by atoms with van der Waals surface area (Å²) in [7, 11) is 2.85. The van der Waals surface area contributed by atoms with Crippen LogP contribution in [0.3, 0.4) is 0 Å². The highest BCUT2D eigenvalue weighted by Gasteiger charge is 2.40. The van der Waals surface area contributed by atoms with Gasteiger partial charge in [0.05, 0.1) is 33.1 Å². The van der Waals surface area contributed by atoms with Crippen molar-refractivity contribution in [1.29, 1.82) is 0 Å². The van der Waals surface area contributed by atoms with Gasteiger partial charge in [0.15, 0.2) is 16.6 Å². The Morgan fingerprint density at radius 2 is 1.67 bits per heavy atom. The van der Waals surface area contributed by atoms with Gasteiger partial charge in [0.25, 0.3) is 5.91 Å². The number of benzene rings is 2. The lowest BCUT2D eigenvalue weighted by molar-refractivity contribution is -0.140. The number of carbonyl (C=O) groups is 2. The molecule has 1 aliphatic rings. The van der Waals surface area contributed by atoms with E-state index in [1.807, 2.05) is 19.9 Å². The third-order valence-corrected chi connectivity index (χ3v) is 5.25. The van der Waals surface area contributed by atoms with Crippen LogP contribution in [0.1, 0.15) is 19.4 Å². The molecular weight excluding hydrogens is 444 g/mol. The summed E-state index contributed by atoms with van der Waals surface area (Å²) < 4.78 is 21.3. The number of nitrogens with zero attached hydrogens (tertiary/aromatic N) is 2. The van der Waals surface area contributed by atoms with Crippen molar-refractivity contribution in [3.63, 3.8) is 0 Å². The number of esters is 1. The molecule has 0 aromatic heterocycles. The number of hydrogen-bond acceptors (Lipinski definition) is 7. The first-order chi connectivity index (χ1) is 15.9. The Morgan fingerprint density at radius 1 is 1.00 bits per heavy atom. The van der Waals surface area contributed by atoms with Gasteiger partial charge in [-0.1, -0.05) is 6.07 Å². The van der Waals surface area contributed by atoms with Crippen molar-refractivity contribution in [3.8, 4) is 17.2 Å². The summed E-state index contributed by atoms with van der Waals surface area (Å²) in [5.41, 5.74) is 1.50. The maximum absolute atomic E-state index is 13.4. The normalized spacial score (nSPS) is 14.6. The molecule has 8 nitrogen and oxygen atoms in total. The minimum atomic E-state index is -0.519. The van der Waals surface area contributed by atoms with Crippen molar-refractivity contribution >= 4 is 41.0 Å². The van der Waals surface area contributed by atoms with Crippen LogP contribution in [0.2, 0.25) is 0 Å². The zero-order valence-electron chi connectivity index (χ0n) is 19.0. The standard InChI is InChI=1S/C24H26N2O6S/c1-5-31-20-12-7-16(14-21(20)32-6-2)13-19-23(28)26(17-8-10-18(29-3)11-9-17)24(33)25(19)15-22(27)30-4/h7-14H,5-6,15H2,1-4H3/b19-13-. The zero-order valence-corrected chi connectivity index (χ0v) is 19.8. The second kappa shape index (κ2) is 10.8. The van der Waals surface area contributed by atoms with E-state index in [2.05, 4.69) is 0 Å². The molecule has 0 N–H and O–H groups in total. The number of methoxy groups -OCH3 is 2. The first-order valence-electron chi connectivity index (χ1n) is 10.4. The topological polar surface area (TPSA) is 77.5 Å². The molecule has 0 atom stereocenters. The molecule has 33 heavy (non-hydrogen) atoms. The summed E-state index contributed by atoms with van der Waals surface area (Å²) in [5, 5.41) is 0.179. The Morgan fingerprint density at radius 3 is 2.27 bits per heavy atom. The van der Waals surface area contributed by atoms with Gasteiger partial charge in [-0.25, -0.2) is 0 Å². The number of rotatable bonds is 9. The highest BCUT2D eigenvalue weighted by molar-refractivity contribution is 7.80. The third-order valence-electron chi connectivity index (χ3n) is 4.85. The minimum Gasteiger partial charge on any atom is -0.497 e. The van der Waals surface area contributed by atoms with E-state index < -0.39 is 5.97 Å². The predicted octanol–water partition coefficient (Wildman–Crippen LogP) is 3.64. The monoisotopic (exact) mass is 470 g/mol. The van der Waals surface area contributed by atoms with E-state index in [9.17, 15) is 9.59 Å².